The number of nitrogens with one attached hydrogen (secondary N) is 1. The van der Waals surface area contributed by atoms with E-state index in [1.54, 1.807) is 18.2 Å². The topological polar surface area (TPSA) is 55.4 Å². The highest BCUT2D eigenvalue weighted by Gasteiger charge is 2.22. The van der Waals surface area contributed by atoms with Crippen LogP contribution in [0, 0.1) is 0 Å². The first-order chi connectivity index (χ1) is 8.65. The van der Waals surface area contributed by atoms with E-state index in [4.69, 9.17) is 4.74 Å². The van der Waals surface area contributed by atoms with Crippen LogP contribution in [0.3, 0.4) is 0 Å². The van der Waals surface area contributed by atoms with Crippen molar-refractivity contribution in [2.24, 2.45) is 0 Å². The second kappa shape index (κ2) is 5.49. The zero-order valence-corrected chi connectivity index (χ0v) is 10.1. The molecule has 1 amide bonds. The molecule has 1 aromatic carbocycles. The summed E-state index contributed by atoms with van der Waals surface area (Å²) in [5.41, 5.74) is 0.627. The molecule has 0 saturated carbocycles. The molecule has 0 fully saturated rings. The molecule has 0 aliphatic heterocycles. The van der Waals surface area contributed by atoms with Gasteiger partial charge >= 0.3 is 5.97 Å². The number of amides is 1. The van der Waals surface area contributed by atoms with E-state index in [0.29, 0.717) is 12.0 Å². The lowest BCUT2D eigenvalue weighted by Crippen LogP contribution is -2.33. The summed E-state index contributed by atoms with van der Waals surface area (Å²) in [6.45, 7) is 1.38. The lowest BCUT2D eigenvalue weighted by atomic mass is 10.2. The van der Waals surface area contributed by atoms with Crippen LogP contribution in [0.1, 0.15) is 23.7 Å². The molecule has 1 N–H and O–H groups in total. The van der Waals surface area contributed by atoms with E-state index in [1.807, 2.05) is 24.3 Å². The molecule has 4 nitrogen and oxygen atoms in total. The van der Waals surface area contributed by atoms with E-state index in [9.17, 15) is 9.59 Å². The van der Waals surface area contributed by atoms with E-state index in [-0.39, 0.29) is 24.0 Å². The summed E-state index contributed by atoms with van der Waals surface area (Å²) in [5, 5.41) is 2.88. The van der Waals surface area contributed by atoms with Gasteiger partial charge in [-0.25, -0.2) is 0 Å². The summed E-state index contributed by atoms with van der Waals surface area (Å²) in [4.78, 5) is 22.7. The molecule has 0 spiro atoms. The average Bonchev–Trinajstić information content (AvgIpc) is 2.76. The van der Waals surface area contributed by atoms with Crippen LogP contribution in [-0.2, 0) is 9.53 Å². The van der Waals surface area contributed by atoms with Crippen LogP contribution in [0.25, 0.3) is 0 Å². The Balaban J connectivity index is 1.87. The first kappa shape index (κ1) is 12.4. The maximum Gasteiger partial charge on any atom is 0.303 e. The quantitative estimate of drug-likeness (QED) is 0.651. The van der Waals surface area contributed by atoms with Crippen LogP contribution in [-0.4, -0.2) is 24.0 Å². The van der Waals surface area contributed by atoms with Gasteiger partial charge in [-0.15, -0.1) is 0 Å². The first-order valence-electron chi connectivity index (χ1n) is 5.86. The van der Waals surface area contributed by atoms with Gasteiger partial charge in [-0.2, -0.15) is 0 Å². The van der Waals surface area contributed by atoms with Gasteiger partial charge in [0.05, 0.1) is 6.04 Å². The second-order valence-corrected chi connectivity index (χ2v) is 4.21. The molecule has 0 aromatic heterocycles. The largest absolute Gasteiger partial charge is 0.458 e. The van der Waals surface area contributed by atoms with Gasteiger partial charge in [0.15, 0.2) is 0 Å². The molecule has 18 heavy (non-hydrogen) atoms. The Morgan fingerprint density at radius 2 is 1.94 bits per heavy atom. The molecule has 2 atom stereocenters. The predicted molar refractivity (Wildman–Crippen MR) is 67.0 cm³/mol. The second-order valence-electron chi connectivity index (χ2n) is 4.21. The van der Waals surface area contributed by atoms with Crippen LogP contribution in [0.2, 0.25) is 0 Å². The van der Waals surface area contributed by atoms with Crippen molar-refractivity contribution >= 4 is 11.9 Å². The van der Waals surface area contributed by atoms with E-state index < -0.39 is 0 Å². The Morgan fingerprint density at radius 3 is 2.61 bits per heavy atom. The van der Waals surface area contributed by atoms with Gasteiger partial charge in [-0.1, -0.05) is 24.3 Å². The average molecular weight is 245 g/mol. The minimum atomic E-state index is -0.306. The normalized spacial score (nSPS) is 21.6. The van der Waals surface area contributed by atoms with Gasteiger partial charge in [-0.05, 0) is 18.2 Å². The van der Waals surface area contributed by atoms with Gasteiger partial charge in [0.1, 0.15) is 6.10 Å². The summed E-state index contributed by atoms with van der Waals surface area (Å²) in [5.74, 6) is -0.423. The lowest BCUT2D eigenvalue weighted by molar-refractivity contribution is -0.144. The molecular weight excluding hydrogens is 230 g/mol. The van der Waals surface area contributed by atoms with Crippen LogP contribution >= 0.6 is 0 Å². The number of ether oxygens (including phenoxy) is 1. The van der Waals surface area contributed by atoms with Crippen molar-refractivity contribution < 1.29 is 14.3 Å². The highest BCUT2D eigenvalue weighted by molar-refractivity contribution is 5.94. The number of rotatable bonds is 3. The van der Waals surface area contributed by atoms with E-state index in [2.05, 4.69) is 5.32 Å². The van der Waals surface area contributed by atoms with Crippen LogP contribution in [0.4, 0.5) is 0 Å². The maximum atomic E-state index is 11.9. The molecular formula is C14H15NO3. The third kappa shape index (κ3) is 3.20. The summed E-state index contributed by atoms with van der Waals surface area (Å²) >= 11 is 0. The van der Waals surface area contributed by atoms with Crippen molar-refractivity contribution in [1.29, 1.82) is 0 Å². The van der Waals surface area contributed by atoms with Crippen LogP contribution in [0.5, 0.6) is 0 Å². The lowest BCUT2D eigenvalue weighted by Gasteiger charge is -2.13. The molecule has 1 aliphatic carbocycles. The summed E-state index contributed by atoms with van der Waals surface area (Å²) in [6.07, 6.45) is 4.02. The molecule has 4 heteroatoms. The molecule has 2 rings (SSSR count). The molecule has 0 unspecified atom stereocenters. The highest BCUT2D eigenvalue weighted by Crippen LogP contribution is 2.15. The minimum absolute atomic E-state index is 0.0814. The van der Waals surface area contributed by atoms with Gasteiger partial charge in [0.2, 0.25) is 0 Å². The van der Waals surface area contributed by atoms with Crippen molar-refractivity contribution in [1.82, 2.24) is 5.32 Å². The number of hydrogen-bond donors (Lipinski definition) is 1. The molecule has 1 aromatic rings. The third-order valence-electron chi connectivity index (χ3n) is 2.71. The predicted octanol–water partition coefficient (Wildman–Crippen LogP) is 1.68. The molecule has 94 valence electrons. The number of esters is 1. The van der Waals surface area contributed by atoms with Gasteiger partial charge in [0.25, 0.3) is 5.91 Å². The molecule has 1 aliphatic rings. The van der Waals surface area contributed by atoms with Crippen molar-refractivity contribution in [3.05, 3.63) is 48.0 Å². The Labute approximate surface area is 106 Å². The van der Waals surface area contributed by atoms with Crippen molar-refractivity contribution in [2.45, 2.75) is 25.5 Å². The van der Waals surface area contributed by atoms with Crippen molar-refractivity contribution in [3.8, 4) is 0 Å². The van der Waals surface area contributed by atoms with Crippen LogP contribution < -0.4 is 5.32 Å². The van der Waals surface area contributed by atoms with Gasteiger partial charge < -0.3 is 10.1 Å². The maximum absolute atomic E-state index is 11.9. The highest BCUT2D eigenvalue weighted by atomic mass is 16.5. The van der Waals surface area contributed by atoms with Crippen LogP contribution in [0.15, 0.2) is 42.5 Å². The molecule has 0 bridgehead atoms. The summed E-state index contributed by atoms with van der Waals surface area (Å²) < 4.78 is 5.05. The van der Waals surface area contributed by atoms with Gasteiger partial charge in [0, 0.05) is 18.9 Å². The molecule has 0 radical (unpaired) electrons. The summed E-state index contributed by atoms with van der Waals surface area (Å²) in [7, 11) is 0. The Hall–Kier alpha value is -2.10. The number of hydrogen-bond acceptors (Lipinski definition) is 3. The van der Waals surface area contributed by atoms with E-state index in [1.165, 1.54) is 6.92 Å². The first-order valence-corrected chi connectivity index (χ1v) is 5.86. The summed E-state index contributed by atoms with van der Waals surface area (Å²) in [6, 6.07) is 8.95. The zero-order valence-electron chi connectivity index (χ0n) is 10.1. The van der Waals surface area contributed by atoms with Gasteiger partial charge in [-0.3, -0.25) is 9.59 Å². The number of carbonyl (C=O) groups is 2. The van der Waals surface area contributed by atoms with Crippen molar-refractivity contribution in [2.75, 3.05) is 0 Å². The number of carbonyl (C=O) groups excluding carboxylic acids is 2. The fourth-order valence-electron chi connectivity index (χ4n) is 1.91. The molecule has 0 heterocycles. The minimum Gasteiger partial charge on any atom is -0.458 e. The standard InChI is InChI=1S/C14H15NO3/c1-10(16)18-13-8-7-12(9-13)15-14(17)11-5-3-2-4-6-11/h2-8,12-13H,9H2,1H3,(H,15,17)/t12-,13+/m0/s1. The number of benzene rings is 1. The SMILES string of the molecule is CC(=O)O[C@@H]1C=C[C@H](NC(=O)c2ccccc2)C1. The fourth-order valence-corrected chi connectivity index (χ4v) is 1.91. The smallest absolute Gasteiger partial charge is 0.303 e. The van der Waals surface area contributed by atoms with E-state index in [0.717, 1.165) is 0 Å². The van der Waals surface area contributed by atoms with E-state index >= 15 is 0 Å². The monoisotopic (exact) mass is 245 g/mol. The Kier molecular flexibility index (Phi) is 3.77. The third-order valence-corrected chi connectivity index (χ3v) is 2.71. The fraction of sp³-hybridized carbons (Fsp3) is 0.286. The Bertz CT molecular complexity index is 467. The Morgan fingerprint density at radius 1 is 1.22 bits per heavy atom. The zero-order chi connectivity index (χ0) is 13.0. The van der Waals surface area contributed by atoms with Crippen molar-refractivity contribution in [3.63, 3.8) is 0 Å². The molecule has 0 saturated heterocycles.